The Labute approximate surface area is 115 Å². The van der Waals surface area contributed by atoms with E-state index in [2.05, 4.69) is 24.1 Å². The molecule has 1 aliphatic heterocycles. The second-order valence-electron chi connectivity index (χ2n) is 5.92. The first-order valence-electron chi connectivity index (χ1n) is 7.30. The van der Waals surface area contributed by atoms with E-state index in [0.29, 0.717) is 17.9 Å². The fourth-order valence-corrected chi connectivity index (χ4v) is 3.77. The first-order chi connectivity index (χ1) is 8.68. The maximum Gasteiger partial charge on any atom is 0.240 e. The lowest BCUT2D eigenvalue weighted by molar-refractivity contribution is -0.135. The van der Waals surface area contributed by atoms with Gasteiger partial charge in [-0.15, -0.1) is 11.8 Å². The summed E-state index contributed by atoms with van der Waals surface area (Å²) in [6.07, 6.45) is 6.14. The van der Waals surface area contributed by atoms with Crippen molar-refractivity contribution < 1.29 is 4.79 Å². The van der Waals surface area contributed by atoms with Crippen LogP contribution in [0.3, 0.4) is 0 Å². The summed E-state index contributed by atoms with van der Waals surface area (Å²) >= 11 is 1.84. The number of rotatable bonds is 5. The molecule has 2 rings (SSSR count). The van der Waals surface area contributed by atoms with Crippen LogP contribution in [0.5, 0.6) is 0 Å². The number of nitrogens with one attached hydrogen (secondary N) is 1. The Morgan fingerprint density at radius 2 is 2.11 bits per heavy atom. The first kappa shape index (κ1) is 14.2. The van der Waals surface area contributed by atoms with Crippen molar-refractivity contribution in [2.24, 2.45) is 5.92 Å². The summed E-state index contributed by atoms with van der Waals surface area (Å²) in [7, 11) is 0. The average Bonchev–Trinajstić information content (AvgIpc) is 3.01. The zero-order valence-electron chi connectivity index (χ0n) is 11.7. The Hall–Kier alpha value is -0.220. The highest BCUT2D eigenvalue weighted by Gasteiger charge is 2.32. The van der Waals surface area contributed by atoms with Crippen molar-refractivity contribution in [3.05, 3.63) is 0 Å². The average molecular weight is 270 g/mol. The van der Waals surface area contributed by atoms with Crippen LogP contribution in [-0.2, 0) is 4.79 Å². The van der Waals surface area contributed by atoms with E-state index in [1.165, 1.54) is 25.7 Å². The van der Waals surface area contributed by atoms with Gasteiger partial charge in [0.05, 0.1) is 6.04 Å². The first-order valence-corrected chi connectivity index (χ1v) is 8.45. The number of amides is 1. The van der Waals surface area contributed by atoms with Gasteiger partial charge in [-0.25, -0.2) is 0 Å². The Morgan fingerprint density at radius 3 is 2.67 bits per heavy atom. The molecular formula is C14H26N2OS. The highest BCUT2D eigenvalue weighted by atomic mass is 32.2. The third-order valence-corrected chi connectivity index (χ3v) is 4.95. The van der Waals surface area contributed by atoms with E-state index in [1.54, 1.807) is 0 Å². The molecule has 0 spiro atoms. The molecule has 0 aromatic heterocycles. The molecule has 0 bridgehead atoms. The fourth-order valence-electron chi connectivity index (χ4n) is 2.84. The van der Waals surface area contributed by atoms with Gasteiger partial charge in [-0.05, 0) is 25.2 Å². The molecule has 3 nitrogen and oxygen atoms in total. The predicted octanol–water partition coefficient (Wildman–Crippen LogP) is 2.47. The molecule has 1 unspecified atom stereocenters. The summed E-state index contributed by atoms with van der Waals surface area (Å²) in [5.41, 5.74) is 0. The van der Waals surface area contributed by atoms with Crippen molar-refractivity contribution in [1.82, 2.24) is 10.2 Å². The normalized spacial score (nSPS) is 24.9. The molecule has 18 heavy (non-hydrogen) atoms. The van der Waals surface area contributed by atoms with Gasteiger partial charge in [0.15, 0.2) is 0 Å². The van der Waals surface area contributed by atoms with Gasteiger partial charge in [0.2, 0.25) is 5.91 Å². The zero-order chi connectivity index (χ0) is 13.0. The van der Waals surface area contributed by atoms with Gasteiger partial charge in [0.1, 0.15) is 0 Å². The Balaban J connectivity index is 1.95. The smallest absolute Gasteiger partial charge is 0.240 e. The van der Waals surface area contributed by atoms with Crippen LogP contribution in [0.4, 0.5) is 0 Å². The molecule has 1 heterocycles. The van der Waals surface area contributed by atoms with Crippen molar-refractivity contribution in [3.63, 3.8) is 0 Å². The molecule has 0 aromatic rings. The van der Waals surface area contributed by atoms with Gasteiger partial charge in [-0.2, -0.15) is 0 Å². The maximum atomic E-state index is 12.6. The molecule has 104 valence electrons. The maximum absolute atomic E-state index is 12.6. The second-order valence-corrected chi connectivity index (χ2v) is 6.95. The highest BCUT2D eigenvalue weighted by Crippen LogP contribution is 2.25. The number of carbonyl (C=O) groups is 1. The Morgan fingerprint density at radius 1 is 1.39 bits per heavy atom. The molecule has 0 aromatic carbocycles. The second kappa shape index (κ2) is 6.80. The van der Waals surface area contributed by atoms with Crippen LogP contribution in [0.2, 0.25) is 0 Å². The van der Waals surface area contributed by atoms with Gasteiger partial charge in [-0.1, -0.05) is 26.7 Å². The lowest BCUT2D eigenvalue weighted by Gasteiger charge is -2.31. The molecule has 1 saturated heterocycles. The summed E-state index contributed by atoms with van der Waals surface area (Å²) in [4.78, 5) is 14.8. The lowest BCUT2D eigenvalue weighted by atomic mass is 10.1. The van der Waals surface area contributed by atoms with E-state index >= 15 is 0 Å². The molecular weight excluding hydrogens is 244 g/mol. The molecule has 1 aliphatic carbocycles. The molecule has 2 aliphatic rings. The van der Waals surface area contributed by atoms with E-state index in [0.717, 1.165) is 24.6 Å². The van der Waals surface area contributed by atoms with Gasteiger partial charge in [0, 0.05) is 24.2 Å². The molecule has 4 heteroatoms. The van der Waals surface area contributed by atoms with E-state index < -0.39 is 0 Å². The largest absolute Gasteiger partial charge is 0.338 e. The van der Waals surface area contributed by atoms with Gasteiger partial charge in [-0.3, -0.25) is 10.1 Å². The fraction of sp³-hybridized carbons (Fsp3) is 0.929. The highest BCUT2D eigenvalue weighted by molar-refractivity contribution is 7.99. The Bertz CT molecular complexity index is 271. The van der Waals surface area contributed by atoms with Crippen LogP contribution in [0.15, 0.2) is 0 Å². The number of carbonyl (C=O) groups excluding carboxylic acids is 1. The van der Waals surface area contributed by atoms with E-state index in [4.69, 9.17) is 0 Å². The van der Waals surface area contributed by atoms with Gasteiger partial charge < -0.3 is 4.90 Å². The summed E-state index contributed by atoms with van der Waals surface area (Å²) in [5, 5.41) is 3.32. The van der Waals surface area contributed by atoms with E-state index in [9.17, 15) is 4.79 Å². The summed E-state index contributed by atoms with van der Waals surface area (Å²) in [5.74, 6) is 2.91. The van der Waals surface area contributed by atoms with Crippen molar-refractivity contribution >= 4 is 17.7 Å². The van der Waals surface area contributed by atoms with Crippen LogP contribution >= 0.6 is 11.8 Å². The van der Waals surface area contributed by atoms with Crippen LogP contribution in [0, 0.1) is 5.92 Å². The van der Waals surface area contributed by atoms with Crippen molar-refractivity contribution in [1.29, 1.82) is 0 Å². The SMILES string of the molecule is CC(C)CCN(C(=O)C1CSCN1)C1CCCC1. The minimum atomic E-state index is 0.0720. The van der Waals surface area contributed by atoms with E-state index in [-0.39, 0.29) is 6.04 Å². The summed E-state index contributed by atoms with van der Waals surface area (Å²) < 4.78 is 0. The minimum Gasteiger partial charge on any atom is -0.338 e. The van der Waals surface area contributed by atoms with Crippen LogP contribution in [0.1, 0.15) is 46.0 Å². The number of thioether (sulfide) groups is 1. The third-order valence-electron chi connectivity index (χ3n) is 4.01. The van der Waals surface area contributed by atoms with Crippen molar-refractivity contribution in [3.8, 4) is 0 Å². The summed E-state index contributed by atoms with van der Waals surface area (Å²) in [6, 6.07) is 0.589. The zero-order valence-corrected chi connectivity index (χ0v) is 12.5. The number of nitrogens with zero attached hydrogens (tertiary/aromatic N) is 1. The molecule has 1 N–H and O–H groups in total. The topological polar surface area (TPSA) is 32.3 Å². The van der Waals surface area contributed by atoms with Crippen LogP contribution in [-0.4, -0.2) is 41.1 Å². The Kier molecular flexibility index (Phi) is 5.37. The van der Waals surface area contributed by atoms with Gasteiger partial charge in [0.25, 0.3) is 0 Å². The minimum absolute atomic E-state index is 0.0720. The molecule has 1 atom stereocenters. The van der Waals surface area contributed by atoms with Crippen LogP contribution in [0.25, 0.3) is 0 Å². The monoisotopic (exact) mass is 270 g/mol. The molecule has 0 radical (unpaired) electrons. The van der Waals surface area contributed by atoms with E-state index in [1.807, 2.05) is 11.8 Å². The molecule has 1 saturated carbocycles. The van der Waals surface area contributed by atoms with Gasteiger partial charge >= 0.3 is 0 Å². The lowest BCUT2D eigenvalue weighted by Crippen LogP contribution is -2.49. The third kappa shape index (κ3) is 3.64. The van der Waals surface area contributed by atoms with Crippen LogP contribution < -0.4 is 5.32 Å². The predicted molar refractivity (Wildman–Crippen MR) is 77.7 cm³/mol. The van der Waals surface area contributed by atoms with Crippen molar-refractivity contribution in [2.75, 3.05) is 18.2 Å². The number of hydrogen-bond donors (Lipinski definition) is 1. The summed E-state index contributed by atoms with van der Waals surface area (Å²) in [6.45, 7) is 5.42. The number of hydrogen-bond acceptors (Lipinski definition) is 3. The quantitative estimate of drug-likeness (QED) is 0.833. The molecule has 2 fully saturated rings. The standard InChI is InChI=1S/C14H26N2OS/c1-11(2)7-8-16(12-5-3-4-6-12)14(17)13-9-18-10-15-13/h11-13,15H,3-10H2,1-2H3. The van der Waals surface area contributed by atoms with Crippen molar-refractivity contribution in [2.45, 2.75) is 58.0 Å². The molecule has 1 amide bonds.